The SMILES string of the molecule is CCN(CC)S(=O)(=O)c1ccc(S(=O)(=O)N2CCc3ccccc32)cc1. The van der Waals surface area contributed by atoms with Crippen molar-refractivity contribution in [2.45, 2.75) is 30.1 Å². The predicted molar refractivity (Wildman–Crippen MR) is 101 cm³/mol. The minimum Gasteiger partial charge on any atom is -0.266 e. The number of hydrogen-bond acceptors (Lipinski definition) is 4. The molecule has 1 aliphatic rings. The number of sulfonamides is 2. The molecule has 2 aromatic rings. The van der Waals surface area contributed by atoms with Crippen molar-refractivity contribution in [1.29, 1.82) is 0 Å². The summed E-state index contributed by atoms with van der Waals surface area (Å²) >= 11 is 0. The monoisotopic (exact) mass is 394 g/mol. The van der Waals surface area contributed by atoms with Crippen LogP contribution >= 0.6 is 0 Å². The summed E-state index contributed by atoms with van der Waals surface area (Å²) in [6.07, 6.45) is 0.670. The number of hydrogen-bond donors (Lipinski definition) is 0. The number of benzene rings is 2. The molecule has 0 fully saturated rings. The molecule has 0 saturated carbocycles. The fourth-order valence-electron chi connectivity index (χ4n) is 3.18. The van der Waals surface area contributed by atoms with Gasteiger partial charge in [0.15, 0.2) is 0 Å². The number of nitrogens with zero attached hydrogens (tertiary/aromatic N) is 2. The summed E-state index contributed by atoms with van der Waals surface area (Å²) in [5.41, 5.74) is 1.68. The zero-order chi connectivity index (χ0) is 18.9. The van der Waals surface area contributed by atoms with E-state index in [0.717, 1.165) is 5.56 Å². The number of para-hydroxylation sites is 1. The molecule has 1 heterocycles. The van der Waals surface area contributed by atoms with Crippen LogP contribution in [0.2, 0.25) is 0 Å². The smallest absolute Gasteiger partial charge is 0.264 e. The predicted octanol–water partition coefficient (Wildman–Crippen LogP) is 2.47. The maximum Gasteiger partial charge on any atom is 0.264 e. The van der Waals surface area contributed by atoms with E-state index in [1.54, 1.807) is 19.9 Å². The van der Waals surface area contributed by atoms with E-state index in [2.05, 4.69) is 0 Å². The number of anilines is 1. The van der Waals surface area contributed by atoms with Crippen molar-refractivity contribution in [2.24, 2.45) is 0 Å². The second-order valence-electron chi connectivity index (χ2n) is 6.02. The maximum absolute atomic E-state index is 13.0. The Bertz CT molecular complexity index is 996. The average Bonchev–Trinajstić information content (AvgIpc) is 3.07. The van der Waals surface area contributed by atoms with Gasteiger partial charge in [0.2, 0.25) is 10.0 Å². The summed E-state index contributed by atoms with van der Waals surface area (Å²) < 4.78 is 53.7. The third-order valence-electron chi connectivity index (χ3n) is 4.60. The lowest BCUT2D eigenvalue weighted by Gasteiger charge is -2.21. The summed E-state index contributed by atoms with van der Waals surface area (Å²) in [5, 5.41) is 0. The van der Waals surface area contributed by atoms with Crippen molar-refractivity contribution >= 4 is 25.7 Å². The molecule has 2 aromatic carbocycles. The summed E-state index contributed by atoms with van der Waals surface area (Å²) in [4.78, 5) is 0.190. The fourth-order valence-corrected chi connectivity index (χ4v) is 6.14. The van der Waals surface area contributed by atoms with Crippen molar-refractivity contribution in [3.05, 3.63) is 54.1 Å². The lowest BCUT2D eigenvalue weighted by Crippen LogP contribution is -2.31. The number of fused-ring (bicyclic) bond motifs is 1. The first-order valence-corrected chi connectivity index (χ1v) is 11.4. The molecule has 26 heavy (non-hydrogen) atoms. The summed E-state index contributed by atoms with van der Waals surface area (Å²) in [6, 6.07) is 12.9. The standard InChI is InChI=1S/C18H22N2O4S2/c1-3-19(4-2)25(21,22)16-9-11-17(12-10-16)26(23,24)20-14-13-15-7-5-6-8-18(15)20/h5-12H,3-4,13-14H2,1-2H3. The van der Waals surface area contributed by atoms with Gasteiger partial charge in [-0.3, -0.25) is 4.31 Å². The van der Waals surface area contributed by atoms with Gasteiger partial charge in [0.1, 0.15) is 0 Å². The van der Waals surface area contributed by atoms with E-state index >= 15 is 0 Å². The van der Waals surface area contributed by atoms with Crippen molar-refractivity contribution < 1.29 is 16.8 Å². The average molecular weight is 395 g/mol. The van der Waals surface area contributed by atoms with Crippen LogP contribution in [0.5, 0.6) is 0 Å². The molecular weight excluding hydrogens is 372 g/mol. The maximum atomic E-state index is 13.0. The number of rotatable bonds is 6. The summed E-state index contributed by atoms with van der Waals surface area (Å²) in [5.74, 6) is 0. The molecule has 6 nitrogen and oxygen atoms in total. The van der Waals surface area contributed by atoms with E-state index in [0.29, 0.717) is 31.7 Å². The van der Waals surface area contributed by atoms with Crippen molar-refractivity contribution in [1.82, 2.24) is 4.31 Å². The van der Waals surface area contributed by atoms with E-state index in [-0.39, 0.29) is 9.79 Å². The van der Waals surface area contributed by atoms with Gasteiger partial charge in [-0.2, -0.15) is 4.31 Å². The molecular formula is C18H22N2O4S2. The van der Waals surface area contributed by atoms with E-state index in [9.17, 15) is 16.8 Å². The largest absolute Gasteiger partial charge is 0.266 e. The first-order valence-electron chi connectivity index (χ1n) is 8.53. The highest BCUT2D eigenvalue weighted by Gasteiger charge is 2.31. The Balaban J connectivity index is 1.94. The molecule has 0 bridgehead atoms. The molecule has 0 unspecified atom stereocenters. The molecule has 3 rings (SSSR count). The van der Waals surface area contributed by atoms with Crippen molar-refractivity contribution in [2.75, 3.05) is 23.9 Å². The van der Waals surface area contributed by atoms with Crippen LogP contribution in [0.3, 0.4) is 0 Å². The van der Waals surface area contributed by atoms with E-state index in [4.69, 9.17) is 0 Å². The van der Waals surface area contributed by atoms with Gasteiger partial charge in [0, 0.05) is 19.6 Å². The van der Waals surface area contributed by atoms with Crippen LogP contribution in [0, 0.1) is 0 Å². The molecule has 1 aliphatic heterocycles. The zero-order valence-corrected chi connectivity index (χ0v) is 16.4. The third-order valence-corrected chi connectivity index (χ3v) is 8.49. The lowest BCUT2D eigenvalue weighted by molar-refractivity contribution is 0.445. The van der Waals surface area contributed by atoms with E-state index in [1.165, 1.54) is 32.9 Å². The topological polar surface area (TPSA) is 74.8 Å². The molecule has 0 spiro atoms. The van der Waals surface area contributed by atoms with Gasteiger partial charge in [0.05, 0.1) is 15.5 Å². The highest BCUT2D eigenvalue weighted by Crippen LogP contribution is 2.32. The second-order valence-corrected chi connectivity index (χ2v) is 9.82. The Hall–Kier alpha value is -1.90. The van der Waals surface area contributed by atoms with Gasteiger partial charge < -0.3 is 0 Å². The van der Waals surface area contributed by atoms with Gasteiger partial charge in [-0.05, 0) is 42.3 Å². The highest BCUT2D eigenvalue weighted by atomic mass is 32.2. The molecule has 8 heteroatoms. The van der Waals surface area contributed by atoms with Crippen LogP contribution in [0.15, 0.2) is 58.3 Å². The molecule has 0 aliphatic carbocycles. The van der Waals surface area contributed by atoms with Gasteiger partial charge in [-0.25, -0.2) is 16.8 Å². The zero-order valence-electron chi connectivity index (χ0n) is 14.8. The summed E-state index contributed by atoms with van der Waals surface area (Å²) in [7, 11) is -7.33. The second kappa shape index (κ2) is 7.02. The normalized spacial score (nSPS) is 14.7. The lowest BCUT2D eigenvalue weighted by atomic mass is 10.2. The quantitative estimate of drug-likeness (QED) is 0.754. The Morgan fingerprint density at radius 2 is 1.46 bits per heavy atom. The molecule has 0 radical (unpaired) electrons. The first-order chi connectivity index (χ1) is 12.3. The highest BCUT2D eigenvalue weighted by molar-refractivity contribution is 7.93. The Labute approximate surface area is 155 Å². The fraction of sp³-hybridized carbons (Fsp3) is 0.333. The van der Waals surface area contributed by atoms with Gasteiger partial charge in [-0.15, -0.1) is 0 Å². The Kier molecular flexibility index (Phi) is 5.09. The Morgan fingerprint density at radius 3 is 2.08 bits per heavy atom. The van der Waals surface area contributed by atoms with Crippen molar-refractivity contribution in [3.8, 4) is 0 Å². The van der Waals surface area contributed by atoms with E-state index in [1.807, 2.05) is 18.2 Å². The van der Waals surface area contributed by atoms with Gasteiger partial charge in [-0.1, -0.05) is 32.0 Å². The Morgan fingerprint density at radius 1 is 0.885 bits per heavy atom. The molecule has 0 aromatic heterocycles. The van der Waals surface area contributed by atoms with E-state index < -0.39 is 20.0 Å². The van der Waals surface area contributed by atoms with Gasteiger partial charge in [0.25, 0.3) is 10.0 Å². The minimum atomic E-state index is -3.72. The van der Waals surface area contributed by atoms with Crippen LogP contribution < -0.4 is 4.31 Å². The van der Waals surface area contributed by atoms with Crippen LogP contribution in [-0.2, 0) is 26.5 Å². The van der Waals surface area contributed by atoms with Crippen LogP contribution in [0.1, 0.15) is 19.4 Å². The summed E-state index contributed by atoms with van der Waals surface area (Å²) in [6.45, 7) is 4.66. The van der Waals surface area contributed by atoms with Crippen LogP contribution in [0.25, 0.3) is 0 Å². The first kappa shape index (κ1) is 18.9. The molecule has 140 valence electrons. The molecule has 0 atom stereocenters. The molecule has 0 N–H and O–H groups in total. The molecule has 0 amide bonds. The van der Waals surface area contributed by atoms with Gasteiger partial charge >= 0.3 is 0 Å². The van der Waals surface area contributed by atoms with Crippen LogP contribution in [0.4, 0.5) is 5.69 Å². The molecule has 0 saturated heterocycles. The third kappa shape index (κ3) is 3.13. The van der Waals surface area contributed by atoms with Crippen molar-refractivity contribution in [3.63, 3.8) is 0 Å². The van der Waals surface area contributed by atoms with Crippen LogP contribution in [-0.4, -0.2) is 40.8 Å². The minimum absolute atomic E-state index is 0.0905.